The van der Waals surface area contributed by atoms with Crippen LogP contribution in [0.25, 0.3) is 11.3 Å². The Morgan fingerprint density at radius 2 is 1.90 bits per heavy atom. The number of hydrogen-bond acceptors (Lipinski definition) is 4. The molecule has 3 aromatic rings. The maximum absolute atomic E-state index is 12.0. The van der Waals surface area contributed by atoms with Gasteiger partial charge in [0.25, 0.3) is 10.0 Å². The fourth-order valence-electron chi connectivity index (χ4n) is 1.73. The van der Waals surface area contributed by atoms with E-state index in [9.17, 15) is 8.42 Å². The van der Waals surface area contributed by atoms with Crippen molar-refractivity contribution in [2.75, 3.05) is 4.72 Å². The van der Waals surface area contributed by atoms with Crippen molar-refractivity contribution < 1.29 is 8.42 Å². The third-order valence-electron chi connectivity index (χ3n) is 2.73. The molecule has 3 N–H and O–H groups in total. The summed E-state index contributed by atoms with van der Waals surface area (Å²) in [5.74, 6) is 0. The molecule has 2 aromatic heterocycles. The number of anilines is 1. The number of H-pyrrole nitrogens is 2. The van der Waals surface area contributed by atoms with Crippen molar-refractivity contribution in [3.05, 3.63) is 49.2 Å². The van der Waals surface area contributed by atoms with E-state index in [1.165, 1.54) is 12.4 Å². The van der Waals surface area contributed by atoms with Gasteiger partial charge in [-0.05, 0) is 17.7 Å². The molecule has 0 bridgehead atoms. The Balaban J connectivity index is 1.83. The Morgan fingerprint density at radius 3 is 2.50 bits per heavy atom. The number of imidazole rings is 1. The molecule has 0 atom stereocenters. The minimum absolute atomic E-state index is 0.0927. The predicted molar refractivity (Wildman–Crippen MR) is 73.4 cm³/mol. The van der Waals surface area contributed by atoms with Crippen LogP contribution in [0.2, 0.25) is 0 Å². The second-order valence-electron chi connectivity index (χ2n) is 4.08. The highest BCUT2D eigenvalue weighted by Gasteiger charge is 2.15. The van der Waals surface area contributed by atoms with Crippen LogP contribution in [0.3, 0.4) is 0 Å². The van der Waals surface area contributed by atoms with Crippen LogP contribution in [0, 0.1) is 0 Å². The van der Waals surface area contributed by atoms with Gasteiger partial charge in [0.2, 0.25) is 0 Å². The van der Waals surface area contributed by atoms with Crippen molar-refractivity contribution in [1.82, 2.24) is 20.2 Å². The minimum Gasteiger partial charge on any atom is -0.345 e. The van der Waals surface area contributed by atoms with Gasteiger partial charge in [0.15, 0.2) is 0 Å². The Morgan fingerprint density at radius 1 is 1.10 bits per heavy atom. The zero-order valence-electron chi connectivity index (χ0n) is 10.2. The Labute approximate surface area is 115 Å². The molecule has 0 aliphatic carbocycles. The molecule has 20 heavy (non-hydrogen) atoms. The molecule has 0 unspecified atom stereocenters. The molecule has 0 saturated carbocycles. The molecule has 2 heterocycles. The first-order chi connectivity index (χ1) is 9.65. The van der Waals surface area contributed by atoms with Crippen molar-refractivity contribution in [1.29, 1.82) is 0 Å². The lowest BCUT2D eigenvalue weighted by Crippen LogP contribution is -2.12. The summed E-state index contributed by atoms with van der Waals surface area (Å²) in [6.45, 7) is 0. The molecule has 0 amide bonds. The van der Waals surface area contributed by atoms with Gasteiger partial charge in [-0.3, -0.25) is 9.82 Å². The molecule has 0 aliphatic heterocycles. The quantitative estimate of drug-likeness (QED) is 0.678. The molecule has 8 heteroatoms. The third-order valence-corrected chi connectivity index (χ3v) is 4.08. The Bertz CT molecular complexity index is 777. The van der Waals surface area contributed by atoms with E-state index in [1.54, 1.807) is 36.8 Å². The van der Waals surface area contributed by atoms with Crippen LogP contribution in [-0.2, 0) is 10.0 Å². The number of benzene rings is 1. The number of rotatable bonds is 4. The maximum atomic E-state index is 12.0. The lowest BCUT2D eigenvalue weighted by molar-refractivity contribution is 0.601. The number of aromatic nitrogens is 4. The molecular formula is C12H11N5O2S. The predicted octanol–water partition coefficient (Wildman–Crippen LogP) is 1.60. The van der Waals surface area contributed by atoms with Crippen molar-refractivity contribution in [2.24, 2.45) is 0 Å². The number of nitrogens with one attached hydrogen (secondary N) is 3. The summed E-state index contributed by atoms with van der Waals surface area (Å²) in [7, 11) is -3.60. The van der Waals surface area contributed by atoms with Gasteiger partial charge in [-0.2, -0.15) is 5.10 Å². The van der Waals surface area contributed by atoms with Gasteiger partial charge in [-0.1, -0.05) is 12.1 Å². The van der Waals surface area contributed by atoms with Crippen LogP contribution in [0.4, 0.5) is 5.69 Å². The van der Waals surface area contributed by atoms with Crippen LogP contribution >= 0.6 is 0 Å². The Hall–Kier alpha value is -2.61. The van der Waals surface area contributed by atoms with Crippen LogP contribution in [-0.4, -0.2) is 28.6 Å². The molecule has 3 rings (SSSR count). The largest absolute Gasteiger partial charge is 0.345 e. The van der Waals surface area contributed by atoms with Crippen molar-refractivity contribution in [2.45, 2.75) is 4.90 Å². The summed E-state index contributed by atoms with van der Waals surface area (Å²) in [5, 5.41) is 6.09. The first-order valence-electron chi connectivity index (χ1n) is 5.75. The number of hydrogen-bond donors (Lipinski definition) is 3. The molecule has 0 spiro atoms. The summed E-state index contributed by atoms with van der Waals surface area (Å²) >= 11 is 0. The van der Waals surface area contributed by atoms with E-state index in [-0.39, 0.29) is 4.90 Å². The standard InChI is InChI=1S/C12H11N5O2S/c18-20(19,11-5-15-16-6-11)17-10-3-1-9(2-4-10)12-7-13-8-14-12/h1-8,17H,(H,13,14)(H,15,16). The van der Waals surface area contributed by atoms with Gasteiger partial charge in [0.1, 0.15) is 4.90 Å². The molecule has 0 radical (unpaired) electrons. The van der Waals surface area contributed by atoms with Gasteiger partial charge in [0.05, 0.1) is 24.4 Å². The molecule has 0 fully saturated rings. The fourth-order valence-corrected chi connectivity index (χ4v) is 2.70. The van der Waals surface area contributed by atoms with Crippen molar-refractivity contribution >= 4 is 15.7 Å². The monoisotopic (exact) mass is 289 g/mol. The molecular weight excluding hydrogens is 278 g/mol. The fraction of sp³-hybridized carbons (Fsp3) is 0. The smallest absolute Gasteiger partial charge is 0.265 e. The molecule has 0 saturated heterocycles. The first kappa shape index (κ1) is 12.4. The van der Waals surface area contributed by atoms with Gasteiger partial charge >= 0.3 is 0 Å². The van der Waals surface area contributed by atoms with Crippen molar-refractivity contribution in [3.63, 3.8) is 0 Å². The topological polar surface area (TPSA) is 104 Å². The van der Waals surface area contributed by atoms with Crippen LogP contribution in [0.15, 0.2) is 54.1 Å². The minimum atomic E-state index is -3.60. The highest BCUT2D eigenvalue weighted by molar-refractivity contribution is 7.92. The SMILES string of the molecule is O=S(=O)(Nc1ccc(-c2cnc[nH]2)cc1)c1cn[nH]c1. The zero-order valence-corrected chi connectivity index (χ0v) is 11.1. The van der Waals surface area contributed by atoms with Crippen LogP contribution < -0.4 is 4.72 Å². The summed E-state index contributed by atoms with van der Waals surface area (Å²) in [6, 6.07) is 6.99. The summed E-state index contributed by atoms with van der Waals surface area (Å²) in [6.07, 6.45) is 5.86. The molecule has 7 nitrogen and oxygen atoms in total. The summed E-state index contributed by atoms with van der Waals surface area (Å²) in [5.41, 5.74) is 2.28. The van der Waals surface area contributed by atoms with Crippen LogP contribution in [0.1, 0.15) is 0 Å². The number of aromatic amines is 2. The van der Waals surface area contributed by atoms with Gasteiger partial charge in [-0.15, -0.1) is 0 Å². The second-order valence-corrected chi connectivity index (χ2v) is 5.76. The zero-order chi connectivity index (χ0) is 14.0. The number of sulfonamides is 1. The van der Waals surface area contributed by atoms with Crippen LogP contribution in [0.5, 0.6) is 0 Å². The van der Waals surface area contributed by atoms with E-state index in [0.717, 1.165) is 11.3 Å². The first-order valence-corrected chi connectivity index (χ1v) is 7.24. The lowest BCUT2D eigenvalue weighted by atomic mass is 10.1. The summed E-state index contributed by atoms with van der Waals surface area (Å²) < 4.78 is 26.5. The Kier molecular flexibility index (Phi) is 2.99. The van der Waals surface area contributed by atoms with Gasteiger partial charge in [0, 0.05) is 11.9 Å². The van der Waals surface area contributed by atoms with E-state index >= 15 is 0 Å². The normalized spacial score (nSPS) is 11.4. The van der Waals surface area contributed by atoms with E-state index in [4.69, 9.17) is 0 Å². The highest BCUT2D eigenvalue weighted by atomic mass is 32.2. The lowest BCUT2D eigenvalue weighted by Gasteiger charge is -2.06. The van der Waals surface area contributed by atoms with E-state index in [2.05, 4.69) is 24.9 Å². The summed E-state index contributed by atoms with van der Waals surface area (Å²) in [4.78, 5) is 7.01. The number of nitrogens with zero attached hydrogens (tertiary/aromatic N) is 2. The molecule has 102 valence electrons. The van der Waals surface area contributed by atoms with Gasteiger partial charge < -0.3 is 4.98 Å². The van der Waals surface area contributed by atoms with Crippen molar-refractivity contribution in [3.8, 4) is 11.3 Å². The van der Waals surface area contributed by atoms with E-state index in [0.29, 0.717) is 5.69 Å². The third kappa shape index (κ3) is 2.41. The average Bonchev–Trinajstić information content (AvgIpc) is 3.13. The average molecular weight is 289 g/mol. The van der Waals surface area contributed by atoms with E-state index in [1.807, 2.05) is 0 Å². The van der Waals surface area contributed by atoms with Gasteiger partial charge in [-0.25, -0.2) is 13.4 Å². The maximum Gasteiger partial charge on any atom is 0.265 e. The molecule has 1 aromatic carbocycles. The van der Waals surface area contributed by atoms with E-state index < -0.39 is 10.0 Å². The highest BCUT2D eigenvalue weighted by Crippen LogP contribution is 2.20. The second kappa shape index (κ2) is 4.82. The molecule has 0 aliphatic rings.